The molecule has 88 valence electrons. The summed E-state index contributed by atoms with van der Waals surface area (Å²) in [6, 6.07) is 6.09. The maximum absolute atomic E-state index is 5.79. The van der Waals surface area contributed by atoms with Crippen LogP contribution < -0.4 is 10.5 Å². The van der Waals surface area contributed by atoms with Gasteiger partial charge in [-0.25, -0.2) is 0 Å². The molecule has 16 heavy (non-hydrogen) atoms. The first-order chi connectivity index (χ1) is 7.52. The Morgan fingerprint density at radius 2 is 2.19 bits per heavy atom. The average Bonchev–Trinajstić information content (AvgIpc) is 2.22. The van der Waals surface area contributed by atoms with Crippen LogP contribution in [0, 0.1) is 0 Å². The Morgan fingerprint density at radius 3 is 2.75 bits per heavy atom. The van der Waals surface area contributed by atoms with Gasteiger partial charge in [-0.3, -0.25) is 0 Å². The van der Waals surface area contributed by atoms with Crippen molar-refractivity contribution in [3.8, 4) is 5.75 Å². The van der Waals surface area contributed by atoms with Gasteiger partial charge in [0.25, 0.3) is 0 Å². The Hall–Kier alpha value is -0.800. The summed E-state index contributed by atoms with van der Waals surface area (Å²) in [5.41, 5.74) is 6.96. The van der Waals surface area contributed by atoms with Gasteiger partial charge in [0.05, 0.1) is 0 Å². The average molecular weight is 284 g/mol. The molecule has 1 aromatic carbocycles. The summed E-state index contributed by atoms with van der Waals surface area (Å²) in [7, 11) is 0. The van der Waals surface area contributed by atoms with Crippen molar-refractivity contribution in [1.82, 2.24) is 0 Å². The second-order valence-electron chi connectivity index (χ2n) is 3.99. The maximum atomic E-state index is 5.79. The van der Waals surface area contributed by atoms with Gasteiger partial charge in [0.2, 0.25) is 0 Å². The molecule has 0 aliphatic carbocycles. The second kappa shape index (κ2) is 6.06. The number of halogens is 1. The van der Waals surface area contributed by atoms with E-state index in [1.807, 2.05) is 32.0 Å². The van der Waals surface area contributed by atoms with Crippen molar-refractivity contribution in [2.24, 2.45) is 5.73 Å². The van der Waals surface area contributed by atoms with Gasteiger partial charge in [0.15, 0.2) is 0 Å². The van der Waals surface area contributed by atoms with Crippen LogP contribution in [0.3, 0.4) is 0 Å². The van der Waals surface area contributed by atoms with Crippen LogP contribution in [0.25, 0.3) is 0 Å². The van der Waals surface area contributed by atoms with Crippen LogP contribution in [-0.4, -0.2) is 12.1 Å². The maximum Gasteiger partial charge on any atom is 0.120 e. The van der Waals surface area contributed by atoms with E-state index in [4.69, 9.17) is 10.5 Å². The molecule has 0 spiro atoms. The van der Waals surface area contributed by atoms with Crippen LogP contribution in [0.4, 0.5) is 0 Å². The molecule has 0 bridgehead atoms. The number of rotatable bonds is 5. The van der Waals surface area contributed by atoms with E-state index in [0.717, 1.165) is 16.6 Å². The van der Waals surface area contributed by atoms with Gasteiger partial charge in [-0.15, -0.1) is 0 Å². The summed E-state index contributed by atoms with van der Waals surface area (Å²) in [5.74, 6) is 0.853. The number of benzene rings is 1. The number of nitrogens with two attached hydrogens (primary N) is 1. The van der Waals surface area contributed by atoms with Crippen LogP contribution >= 0.6 is 15.9 Å². The fourth-order valence-electron chi connectivity index (χ4n) is 1.39. The molecular formula is C13H18BrNO. The minimum atomic E-state index is 0.0179. The summed E-state index contributed by atoms with van der Waals surface area (Å²) in [6.45, 7) is 7.64. The Labute approximate surface area is 106 Å². The molecule has 2 N–H and O–H groups in total. The first-order valence-electron chi connectivity index (χ1n) is 5.36. The zero-order valence-electron chi connectivity index (χ0n) is 9.74. The molecule has 0 heterocycles. The van der Waals surface area contributed by atoms with E-state index in [1.54, 1.807) is 6.08 Å². The zero-order valence-corrected chi connectivity index (χ0v) is 11.3. The van der Waals surface area contributed by atoms with Crippen molar-refractivity contribution in [1.29, 1.82) is 0 Å². The predicted octanol–water partition coefficient (Wildman–Crippen LogP) is 3.29. The molecule has 0 saturated carbocycles. The summed E-state index contributed by atoms with van der Waals surface area (Å²) in [6.07, 6.45) is 2.62. The van der Waals surface area contributed by atoms with Crippen LogP contribution in [0.1, 0.15) is 19.4 Å². The molecule has 0 fully saturated rings. The monoisotopic (exact) mass is 283 g/mol. The SMILES string of the molecule is C=CC(C)Oc1ccc(Br)c(CC(C)N)c1. The first kappa shape index (κ1) is 13.3. The lowest BCUT2D eigenvalue weighted by Gasteiger charge is -2.13. The van der Waals surface area contributed by atoms with Gasteiger partial charge in [-0.1, -0.05) is 28.6 Å². The summed E-state index contributed by atoms with van der Waals surface area (Å²) in [4.78, 5) is 0. The Morgan fingerprint density at radius 1 is 1.50 bits per heavy atom. The number of hydrogen-bond acceptors (Lipinski definition) is 2. The van der Waals surface area contributed by atoms with Crippen molar-refractivity contribution in [3.05, 3.63) is 40.9 Å². The summed E-state index contributed by atoms with van der Waals surface area (Å²) < 4.78 is 6.73. The van der Waals surface area contributed by atoms with Crippen molar-refractivity contribution < 1.29 is 4.74 Å². The van der Waals surface area contributed by atoms with E-state index in [0.29, 0.717) is 0 Å². The number of ether oxygens (including phenoxy) is 1. The molecule has 0 radical (unpaired) electrons. The summed E-state index contributed by atoms with van der Waals surface area (Å²) >= 11 is 3.51. The topological polar surface area (TPSA) is 35.2 Å². The lowest BCUT2D eigenvalue weighted by atomic mass is 10.1. The molecule has 0 aliphatic rings. The van der Waals surface area contributed by atoms with Crippen LogP contribution in [0.15, 0.2) is 35.3 Å². The molecule has 0 saturated heterocycles. The third-order valence-electron chi connectivity index (χ3n) is 2.21. The van der Waals surface area contributed by atoms with Crippen molar-refractivity contribution in [2.75, 3.05) is 0 Å². The smallest absolute Gasteiger partial charge is 0.120 e. The molecule has 2 unspecified atom stereocenters. The normalized spacial score (nSPS) is 14.2. The highest BCUT2D eigenvalue weighted by Gasteiger charge is 2.06. The van der Waals surface area contributed by atoms with Crippen molar-refractivity contribution >= 4 is 15.9 Å². The van der Waals surface area contributed by atoms with Crippen molar-refractivity contribution in [2.45, 2.75) is 32.4 Å². The van der Waals surface area contributed by atoms with Crippen LogP contribution in [0.5, 0.6) is 5.75 Å². The van der Waals surface area contributed by atoms with E-state index < -0.39 is 0 Å². The molecule has 3 heteroatoms. The fourth-order valence-corrected chi connectivity index (χ4v) is 1.80. The van der Waals surface area contributed by atoms with Crippen LogP contribution in [0.2, 0.25) is 0 Å². The minimum absolute atomic E-state index is 0.0179. The second-order valence-corrected chi connectivity index (χ2v) is 4.85. The Balaban J connectivity index is 2.84. The van der Waals surface area contributed by atoms with Gasteiger partial charge in [0.1, 0.15) is 11.9 Å². The van der Waals surface area contributed by atoms with Gasteiger partial charge in [0, 0.05) is 10.5 Å². The first-order valence-corrected chi connectivity index (χ1v) is 6.15. The third kappa shape index (κ3) is 3.99. The highest BCUT2D eigenvalue weighted by molar-refractivity contribution is 9.10. The van der Waals surface area contributed by atoms with E-state index >= 15 is 0 Å². The van der Waals surface area contributed by atoms with Gasteiger partial charge in [-0.05, 0) is 44.0 Å². The molecule has 2 nitrogen and oxygen atoms in total. The van der Waals surface area contributed by atoms with Gasteiger partial charge < -0.3 is 10.5 Å². The van der Waals surface area contributed by atoms with Crippen molar-refractivity contribution in [3.63, 3.8) is 0 Å². The molecule has 0 amide bonds. The van der Waals surface area contributed by atoms with E-state index in [2.05, 4.69) is 22.5 Å². The van der Waals surface area contributed by atoms with Gasteiger partial charge >= 0.3 is 0 Å². The third-order valence-corrected chi connectivity index (χ3v) is 2.99. The largest absolute Gasteiger partial charge is 0.487 e. The molecular weight excluding hydrogens is 266 g/mol. The highest BCUT2D eigenvalue weighted by atomic mass is 79.9. The Kier molecular flexibility index (Phi) is 5.03. The molecule has 0 aliphatic heterocycles. The van der Waals surface area contributed by atoms with E-state index in [9.17, 15) is 0 Å². The minimum Gasteiger partial charge on any atom is -0.487 e. The van der Waals surface area contributed by atoms with E-state index in [1.165, 1.54) is 5.56 Å². The summed E-state index contributed by atoms with van der Waals surface area (Å²) in [5, 5.41) is 0. The van der Waals surface area contributed by atoms with Gasteiger partial charge in [-0.2, -0.15) is 0 Å². The predicted molar refractivity (Wildman–Crippen MR) is 71.8 cm³/mol. The molecule has 2 atom stereocenters. The molecule has 1 rings (SSSR count). The highest BCUT2D eigenvalue weighted by Crippen LogP contribution is 2.24. The molecule has 0 aromatic heterocycles. The van der Waals surface area contributed by atoms with E-state index in [-0.39, 0.29) is 12.1 Å². The number of hydrogen-bond donors (Lipinski definition) is 1. The zero-order chi connectivity index (χ0) is 12.1. The lowest BCUT2D eigenvalue weighted by molar-refractivity contribution is 0.270. The lowest BCUT2D eigenvalue weighted by Crippen LogP contribution is -2.18. The quantitative estimate of drug-likeness (QED) is 0.842. The molecule has 1 aromatic rings. The standard InChI is InChI=1S/C13H18BrNO/c1-4-10(3)16-12-5-6-13(14)11(8-12)7-9(2)15/h4-6,8-10H,1,7,15H2,2-3H3. The fraction of sp³-hybridized carbons (Fsp3) is 0.385. The van der Waals surface area contributed by atoms with Crippen LogP contribution in [-0.2, 0) is 6.42 Å². The Bertz CT molecular complexity index is 363.